The third-order valence-corrected chi connectivity index (χ3v) is 8.47. The van der Waals surface area contributed by atoms with E-state index in [4.69, 9.17) is 0 Å². The van der Waals surface area contributed by atoms with Gasteiger partial charge in [0.2, 0.25) is 5.91 Å². The van der Waals surface area contributed by atoms with Crippen LogP contribution in [0.4, 0.5) is 0 Å². The minimum absolute atomic E-state index is 0.230. The zero-order valence-corrected chi connectivity index (χ0v) is 16.6. The van der Waals surface area contributed by atoms with Gasteiger partial charge in [-0.3, -0.25) is 4.79 Å². The second-order valence-electron chi connectivity index (χ2n) is 7.94. The van der Waals surface area contributed by atoms with Crippen molar-refractivity contribution in [2.45, 2.75) is 76.1 Å². The Balaban J connectivity index is 1.68. The molecule has 1 atom stereocenters. The molecule has 0 radical (unpaired) electrons. The molecule has 26 heavy (non-hydrogen) atoms. The van der Waals surface area contributed by atoms with Crippen LogP contribution in [0.5, 0.6) is 0 Å². The molecule has 1 fully saturated rings. The summed E-state index contributed by atoms with van der Waals surface area (Å²) in [6.07, 6.45) is 4.37. The lowest BCUT2D eigenvalue weighted by molar-refractivity contribution is -0.121. The molecule has 5 nitrogen and oxygen atoms in total. The Kier molecular flexibility index (Phi) is 6.03. The Labute approximate surface area is 156 Å². The number of hydrogen-bond acceptors (Lipinski definition) is 4. The van der Waals surface area contributed by atoms with E-state index in [2.05, 4.69) is 22.8 Å². The molecule has 144 valence electrons. The number of sulfone groups is 1. The van der Waals surface area contributed by atoms with Crippen molar-refractivity contribution in [2.75, 3.05) is 0 Å². The number of amides is 1. The second-order valence-corrected chi connectivity index (χ2v) is 10.3. The van der Waals surface area contributed by atoms with Gasteiger partial charge in [0.25, 0.3) is 0 Å². The Hall–Kier alpha value is -1.40. The quantitative estimate of drug-likeness (QED) is 0.798. The molecule has 0 bridgehead atoms. The first-order valence-electron chi connectivity index (χ1n) is 9.71. The van der Waals surface area contributed by atoms with Crippen LogP contribution in [-0.2, 0) is 34.3 Å². The van der Waals surface area contributed by atoms with Gasteiger partial charge in [0.05, 0.1) is 5.25 Å². The molecule has 2 N–H and O–H groups in total. The van der Waals surface area contributed by atoms with Gasteiger partial charge in [-0.25, -0.2) is 8.42 Å². The van der Waals surface area contributed by atoms with Gasteiger partial charge in [-0.1, -0.05) is 51.3 Å². The van der Waals surface area contributed by atoms with Crippen molar-refractivity contribution in [3.05, 3.63) is 34.9 Å². The van der Waals surface area contributed by atoms with Gasteiger partial charge >= 0.3 is 0 Å². The Morgan fingerprint density at radius 1 is 1.15 bits per heavy atom. The molecule has 1 saturated carbocycles. The van der Waals surface area contributed by atoms with E-state index in [1.165, 1.54) is 11.1 Å². The second kappa shape index (κ2) is 8.09. The molecule has 1 unspecified atom stereocenters. The summed E-state index contributed by atoms with van der Waals surface area (Å²) < 4.78 is 26.1. The number of fused-ring (bicyclic) bond motifs is 1. The van der Waals surface area contributed by atoms with Crippen molar-refractivity contribution in [1.29, 1.82) is 0 Å². The van der Waals surface area contributed by atoms with E-state index in [1.54, 1.807) is 0 Å². The summed E-state index contributed by atoms with van der Waals surface area (Å²) in [4.78, 5) is 12.8. The highest BCUT2D eigenvalue weighted by molar-refractivity contribution is 7.93. The molecule has 0 saturated heterocycles. The molecular weight excluding hydrogens is 348 g/mol. The van der Waals surface area contributed by atoms with E-state index in [1.807, 2.05) is 19.9 Å². The maximum atomic E-state index is 13.1. The smallest absolute Gasteiger partial charge is 0.238 e. The number of nitrogens with one attached hydrogen (secondary N) is 2. The predicted octanol–water partition coefficient (Wildman–Crippen LogP) is 2.68. The summed E-state index contributed by atoms with van der Waals surface area (Å²) in [7, 11) is -3.46. The number of carbonyl (C=O) groups is 1. The monoisotopic (exact) mass is 378 g/mol. The lowest BCUT2D eigenvalue weighted by Crippen LogP contribution is -2.47. The van der Waals surface area contributed by atoms with E-state index in [-0.39, 0.29) is 17.1 Å². The lowest BCUT2D eigenvalue weighted by atomic mass is 10.0. The molecule has 1 amide bonds. The van der Waals surface area contributed by atoms with E-state index < -0.39 is 15.1 Å². The normalized spacial score (nSPS) is 19.3. The summed E-state index contributed by atoms with van der Waals surface area (Å²) >= 11 is 0. The minimum Gasteiger partial charge on any atom is -0.351 e. The van der Waals surface area contributed by atoms with Crippen molar-refractivity contribution in [1.82, 2.24) is 10.6 Å². The topological polar surface area (TPSA) is 75.3 Å². The molecule has 3 rings (SSSR count). The van der Waals surface area contributed by atoms with Gasteiger partial charge in [-0.05, 0) is 35.4 Å². The van der Waals surface area contributed by atoms with Gasteiger partial charge < -0.3 is 10.6 Å². The summed E-state index contributed by atoms with van der Waals surface area (Å²) in [6, 6.07) is 6.18. The van der Waals surface area contributed by atoms with E-state index >= 15 is 0 Å². The lowest BCUT2D eigenvalue weighted by Gasteiger charge is -2.28. The van der Waals surface area contributed by atoms with Gasteiger partial charge in [0.15, 0.2) is 9.84 Å². The molecule has 0 aromatic heterocycles. The molecule has 0 spiro atoms. The summed E-state index contributed by atoms with van der Waals surface area (Å²) in [5.74, 6) is -0.588. The predicted molar refractivity (Wildman–Crippen MR) is 103 cm³/mol. The molecule has 1 aromatic carbocycles. The first-order valence-corrected chi connectivity index (χ1v) is 11.3. The molecule has 1 heterocycles. The zero-order chi connectivity index (χ0) is 18.7. The minimum atomic E-state index is -3.46. The molecule has 6 heteroatoms. The van der Waals surface area contributed by atoms with Crippen LogP contribution in [0.25, 0.3) is 0 Å². The molecule has 1 aliphatic carbocycles. The number of hydrogen-bond donors (Lipinski definition) is 2. The van der Waals surface area contributed by atoms with Crippen LogP contribution in [0.3, 0.4) is 0 Å². The molecule has 1 aliphatic heterocycles. The van der Waals surface area contributed by atoms with Crippen LogP contribution >= 0.6 is 0 Å². The SMILES string of the molecule is CC(C)C(C(=O)NCc1ccc2c(c1)CNC2)S(=O)(=O)C1CCCCC1. The maximum absolute atomic E-state index is 13.1. The van der Waals surface area contributed by atoms with Crippen molar-refractivity contribution < 1.29 is 13.2 Å². The average molecular weight is 379 g/mol. The van der Waals surface area contributed by atoms with Gasteiger partial charge in [-0.2, -0.15) is 0 Å². The Morgan fingerprint density at radius 2 is 1.85 bits per heavy atom. The van der Waals surface area contributed by atoms with Crippen LogP contribution in [0.1, 0.15) is 62.6 Å². The van der Waals surface area contributed by atoms with E-state index in [9.17, 15) is 13.2 Å². The largest absolute Gasteiger partial charge is 0.351 e. The fraction of sp³-hybridized carbons (Fsp3) is 0.650. The average Bonchev–Trinajstić information content (AvgIpc) is 3.08. The summed E-state index contributed by atoms with van der Waals surface area (Å²) in [6.45, 7) is 5.76. The number of rotatable bonds is 6. The van der Waals surface area contributed by atoms with Crippen LogP contribution in [0.15, 0.2) is 18.2 Å². The highest BCUT2D eigenvalue weighted by atomic mass is 32.2. The summed E-state index contributed by atoms with van der Waals surface area (Å²) in [5, 5.41) is 4.86. The van der Waals surface area contributed by atoms with Crippen LogP contribution in [-0.4, -0.2) is 24.8 Å². The molecular formula is C20H30N2O3S. The van der Waals surface area contributed by atoms with Crippen LogP contribution in [0.2, 0.25) is 0 Å². The summed E-state index contributed by atoms with van der Waals surface area (Å²) in [5.41, 5.74) is 3.56. The van der Waals surface area contributed by atoms with E-state index in [0.29, 0.717) is 19.4 Å². The van der Waals surface area contributed by atoms with Crippen molar-refractivity contribution >= 4 is 15.7 Å². The van der Waals surface area contributed by atoms with Crippen molar-refractivity contribution in [3.63, 3.8) is 0 Å². The fourth-order valence-corrected chi connectivity index (χ4v) is 6.73. The Morgan fingerprint density at radius 3 is 2.54 bits per heavy atom. The zero-order valence-electron chi connectivity index (χ0n) is 15.8. The first kappa shape index (κ1) is 19.4. The highest BCUT2D eigenvalue weighted by Gasteiger charge is 2.40. The Bertz CT molecular complexity index is 752. The van der Waals surface area contributed by atoms with Gasteiger partial charge in [0, 0.05) is 19.6 Å². The highest BCUT2D eigenvalue weighted by Crippen LogP contribution is 2.29. The van der Waals surface area contributed by atoms with E-state index in [0.717, 1.165) is 37.9 Å². The van der Waals surface area contributed by atoms with Crippen LogP contribution in [0, 0.1) is 5.92 Å². The third kappa shape index (κ3) is 4.12. The molecule has 1 aromatic rings. The maximum Gasteiger partial charge on any atom is 0.238 e. The number of carbonyl (C=O) groups excluding carboxylic acids is 1. The number of benzene rings is 1. The first-order chi connectivity index (χ1) is 12.4. The van der Waals surface area contributed by atoms with Crippen molar-refractivity contribution in [2.24, 2.45) is 5.92 Å². The van der Waals surface area contributed by atoms with Crippen molar-refractivity contribution in [3.8, 4) is 0 Å². The van der Waals surface area contributed by atoms with Crippen LogP contribution < -0.4 is 10.6 Å². The standard InChI is InChI=1S/C20H30N2O3S/c1-14(2)19(26(24,25)18-6-4-3-5-7-18)20(23)22-11-15-8-9-16-12-21-13-17(16)10-15/h8-10,14,18-19,21H,3-7,11-13H2,1-2H3,(H,22,23). The third-order valence-electron chi connectivity index (χ3n) is 5.60. The fourth-order valence-electron chi connectivity index (χ4n) is 4.18. The molecule has 2 aliphatic rings. The van der Waals surface area contributed by atoms with Gasteiger partial charge in [-0.15, -0.1) is 0 Å². The van der Waals surface area contributed by atoms with Gasteiger partial charge in [0.1, 0.15) is 5.25 Å².